The number of benzene rings is 1. The van der Waals surface area contributed by atoms with Gasteiger partial charge >= 0.3 is 5.97 Å². The first-order chi connectivity index (χ1) is 17.6. The third kappa shape index (κ3) is 3.89. The zero-order chi connectivity index (χ0) is 26.6. The van der Waals surface area contributed by atoms with E-state index in [1.54, 1.807) is 19.1 Å². The van der Waals surface area contributed by atoms with Crippen molar-refractivity contribution in [1.29, 1.82) is 0 Å². The minimum Gasteiger partial charge on any atom is -0.507 e. The monoisotopic (exact) mass is 505 g/mol. The van der Waals surface area contributed by atoms with Gasteiger partial charge in [-0.3, -0.25) is 28.9 Å². The SMILES string of the molecule is COc1ccc(C2C3=CCC4C(=O)N(CCCC(=O)O)C(=O)C4C3CC3=C2C(=O)C=C(C)C3=O)c(O)c1. The Labute approximate surface area is 213 Å². The second-order valence-corrected chi connectivity index (χ2v) is 9.98. The van der Waals surface area contributed by atoms with Crippen molar-refractivity contribution in [2.24, 2.45) is 17.8 Å². The van der Waals surface area contributed by atoms with Gasteiger partial charge in [0.15, 0.2) is 11.6 Å². The summed E-state index contributed by atoms with van der Waals surface area (Å²) in [7, 11) is 1.47. The van der Waals surface area contributed by atoms with Gasteiger partial charge in [-0.25, -0.2) is 0 Å². The van der Waals surface area contributed by atoms with Crippen molar-refractivity contribution in [2.75, 3.05) is 13.7 Å². The Hall–Kier alpha value is -4.01. The molecular formula is C28H27NO8. The highest BCUT2D eigenvalue weighted by atomic mass is 16.5. The van der Waals surface area contributed by atoms with Gasteiger partial charge in [0.25, 0.3) is 0 Å². The molecule has 4 aliphatic rings. The lowest BCUT2D eigenvalue weighted by atomic mass is 9.59. The average Bonchev–Trinajstić information content (AvgIpc) is 3.11. The normalized spacial score (nSPS) is 26.9. The maximum atomic E-state index is 13.5. The summed E-state index contributed by atoms with van der Waals surface area (Å²) in [6.45, 7) is 1.60. The number of methoxy groups -OCH3 is 1. The summed E-state index contributed by atoms with van der Waals surface area (Å²) in [5.74, 6) is -4.54. The van der Waals surface area contributed by atoms with Gasteiger partial charge in [0.05, 0.1) is 18.9 Å². The van der Waals surface area contributed by atoms with Crippen LogP contribution in [0.3, 0.4) is 0 Å². The molecule has 2 amide bonds. The third-order valence-electron chi connectivity index (χ3n) is 7.97. The number of aromatic hydroxyl groups is 1. The van der Waals surface area contributed by atoms with Crippen LogP contribution >= 0.6 is 0 Å². The van der Waals surface area contributed by atoms with Crippen LogP contribution in [0.5, 0.6) is 11.5 Å². The molecule has 0 aromatic heterocycles. The summed E-state index contributed by atoms with van der Waals surface area (Å²) >= 11 is 0. The van der Waals surface area contributed by atoms with E-state index in [2.05, 4.69) is 0 Å². The molecule has 0 saturated carbocycles. The predicted molar refractivity (Wildman–Crippen MR) is 130 cm³/mol. The molecule has 1 heterocycles. The third-order valence-corrected chi connectivity index (χ3v) is 7.97. The average molecular weight is 506 g/mol. The molecular weight excluding hydrogens is 478 g/mol. The molecule has 0 spiro atoms. The molecule has 9 nitrogen and oxygen atoms in total. The number of phenolic OH excluding ortho intramolecular Hbond substituents is 1. The molecule has 1 aromatic rings. The van der Waals surface area contributed by atoms with Crippen molar-refractivity contribution in [3.63, 3.8) is 0 Å². The van der Waals surface area contributed by atoms with Gasteiger partial charge in [0, 0.05) is 47.2 Å². The topological polar surface area (TPSA) is 138 Å². The molecule has 5 rings (SSSR count). The second kappa shape index (κ2) is 9.14. The first-order valence-corrected chi connectivity index (χ1v) is 12.3. The summed E-state index contributed by atoms with van der Waals surface area (Å²) in [5.41, 5.74) is 2.09. The van der Waals surface area contributed by atoms with Crippen LogP contribution < -0.4 is 4.74 Å². The molecule has 2 N–H and O–H groups in total. The number of nitrogens with zero attached hydrogens (tertiary/aromatic N) is 1. The van der Waals surface area contributed by atoms with Gasteiger partial charge in [0.2, 0.25) is 11.8 Å². The fraction of sp³-hybridized carbons (Fsp3) is 0.393. The van der Waals surface area contributed by atoms with E-state index in [0.717, 1.165) is 10.5 Å². The number of imide groups is 1. The van der Waals surface area contributed by atoms with Crippen LogP contribution in [0, 0.1) is 17.8 Å². The van der Waals surface area contributed by atoms with Gasteiger partial charge in [-0.05, 0) is 44.2 Å². The molecule has 1 aliphatic heterocycles. The number of carboxylic acids is 1. The standard InChI is InChI=1S/C28H27NO8/c1-13-10-21(31)25-19(26(13)34)12-18-15(23(25)16-6-5-14(37-2)11-20(16)30)7-8-17-24(18)28(36)29(27(17)35)9-3-4-22(32)33/h5-7,10-11,17-18,23-24,30H,3-4,8-9,12H2,1-2H3,(H,32,33). The number of ether oxygens (including phenoxy) is 1. The highest BCUT2D eigenvalue weighted by Gasteiger charge is 2.56. The molecule has 192 valence electrons. The number of amides is 2. The maximum absolute atomic E-state index is 13.5. The summed E-state index contributed by atoms with van der Waals surface area (Å²) in [6, 6.07) is 4.76. The molecule has 37 heavy (non-hydrogen) atoms. The van der Waals surface area contributed by atoms with E-state index in [0.29, 0.717) is 28.0 Å². The Balaban J connectivity index is 1.59. The van der Waals surface area contributed by atoms with Crippen molar-refractivity contribution in [2.45, 2.75) is 38.5 Å². The molecule has 3 aliphatic carbocycles. The Morgan fingerprint density at radius 3 is 2.57 bits per heavy atom. The van der Waals surface area contributed by atoms with Crippen LogP contribution in [0.1, 0.15) is 44.1 Å². The predicted octanol–water partition coefficient (Wildman–Crippen LogP) is 2.70. The van der Waals surface area contributed by atoms with Crippen LogP contribution in [0.2, 0.25) is 0 Å². The lowest BCUT2D eigenvalue weighted by Gasteiger charge is -2.42. The molecule has 4 atom stereocenters. The number of carbonyl (C=O) groups is 5. The van der Waals surface area contributed by atoms with Gasteiger partial charge in [-0.1, -0.05) is 17.7 Å². The summed E-state index contributed by atoms with van der Waals surface area (Å²) < 4.78 is 5.20. The number of ketones is 2. The van der Waals surface area contributed by atoms with Crippen LogP contribution in [0.15, 0.2) is 52.6 Å². The smallest absolute Gasteiger partial charge is 0.303 e. The number of carbonyl (C=O) groups excluding carboxylic acids is 4. The number of hydrogen-bond acceptors (Lipinski definition) is 7. The van der Waals surface area contributed by atoms with Crippen molar-refractivity contribution in [1.82, 2.24) is 4.90 Å². The number of hydrogen-bond donors (Lipinski definition) is 2. The molecule has 9 heteroatoms. The first kappa shape index (κ1) is 24.7. The lowest BCUT2D eigenvalue weighted by Crippen LogP contribution is -2.39. The molecule has 0 radical (unpaired) electrons. The van der Waals surface area contributed by atoms with Crippen molar-refractivity contribution < 1.29 is 38.9 Å². The van der Waals surface area contributed by atoms with E-state index in [1.807, 2.05) is 6.08 Å². The second-order valence-electron chi connectivity index (χ2n) is 9.98. The fourth-order valence-corrected chi connectivity index (χ4v) is 6.31. The first-order valence-electron chi connectivity index (χ1n) is 12.3. The van der Waals surface area contributed by atoms with Crippen LogP contribution in [-0.4, -0.2) is 58.1 Å². The fourth-order valence-electron chi connectivity index (χ4n) is 6.31. The molecule has 0 bridgehead atoms. The zero-order valence-electron chi connectivity index (χ0n) is 20.5. The number of aliphatic carboxylic acids is 1. The lowest BCUT2D eigenvalue weighted by molar-refractivity contribution is -0.142. The minimum absolute atomic E-state index is 0.0227. The number of allylic oxidation sites excluding steroid dienone is 6. The molecule has 1 saturated heterocycles. The van der Waals surface area contributed by atoms with E-state index in [1.165, 1.54) is 19.3 Å². The van der Waals surface area contributed by atoms with E-state index < -0.39 is 29.6 Å². The highest BCUT2D eigenvalue weighted by Crippen LogP contribution is 2.56. The Bertz CT molecular complexity index is 1350. The molecule has 4 unspecified atom stereocenters. The summed E-state index contributed by atoms with van der Waals surface area (Å²) in [4.78, 5) is 65.3. The number of carboxylic acid groups (broad SMARTS) is 1. The number of Topliss-reactive ketones (excluding diaryl/α,β-unsaturated/α-hetero) is 1. The summed E-state index contributed by atoms with van der Waals surface area (Å²) in [6.07, 6.45) is 3.62. The van der Waals surface area contributed by atoms with Crippen molar-refractivity contribution in [3.05, 3.63) is 58.2 Å². The highest BCUT2D eigenvalue weighted by molar-refractivity contribution is 6.23. The van der Waals surface area contributed by atoms with Crippen molar-refractivity contribution >= 4 is 29.4 Å². The Kier molecular flexibility index (Phi) is 6.09. The van der Waals surface area contributed by atoms with Gasteiger partial charge in [-0.15, -0.1) is 0 Å². The largest absolute Gasteiger partial charge is 0.507 e. The van der Waals surface area contributed by atoms with Crippen molar-refractivity contribution in [3.8, 4) is 11.5 Å². The molecule has 1 aromatic carbocycles. The van der Waals surface area contributed by atoms with Gasteiger partial charge < -0.3 is 14.9 Å². The summed E-state index contributed by atoms with van der Waals surface area (Å²) in [5, 5.41) is 19.9. The Morgan fingerprint density at radius 1 is 1.14 bits per heavy atom. The van der Waals surface area contributed by atoms with E-state index in [9.17, 15) is 29.1 Å². The van der Waals surface area contributed by atoms with Crippen LogP contribution in [0.25, 0.3) is 0 Å². The van der Waals surface area contributed by atoms with Crippen LogP contribution in [0.4, 0.5) is 0 Å². The zero-order valence-corrected chi connectivity index (χ0v) is 20.5. The van der Waals surface area contributed by atoms with Gasteiger partial charge in [-0.2, -0.15) is 0 Å². The maximum Gasteiger partial charge on any atom is 0.303 e. The number of phenols is 1. The number of fused-ring (bicyclic) bond motifs is 3. The van der Waals surface area contributed by atoms with E-state index >= 15 is 0 Å². The van der Waals surface area contributed by atoms with E-state index in [-0.39, 0.29) is 61.4 Å². The number of likely N-dealkylation sites (tertiary alicyclic amines) is 1. The van der Waals surface area contributed by atoms with E-state index in [4.69, 9.17) is 9.84 Å². The minimum atomic E-state index is -1.00. The molecule has 1 fully saturated rings. The number of rotatable bonds is 6. The quantitative estimate of drug-likeness (QED) is 0.342. The van der Waals surface area contributed by atoms with Crippen LogP contribution in [-0.2, 0) is 24.0 Å². The van der Waals surface area contributed by atoms with Gasteiger partial charge in [0.1, 0.15) is 11.5 Å². The Morgan fingerprint density at radius 2 is 1.89 bits per heavy atom.